The molecule has 0 bridgehead atoms. The number of halogens is 1. The Bertz CT molecular complexity index is 953. The predicted octanol–water partition coefficient (Wildman–Crippen LogP) is -1.02. The second kappa shape index (κ2) is 13.5. The van der Waals surface area contributed by atoms with Crippen molar-refractivity contribution in [3.05, 3.63) is 39.2 Å². The van der Waals surface area contributed by atoms with Gasteiger partial charge in [0.1, 0.15) is 5.82 Å². The number of hydrogen-bond donors (Lipinski definition) is 1. The molecule has 0 unspecified atom stereocenters. The molecule has 0 radical (unpaired) electrons. The molecule has 2 rings (SSSR count). The van der Waals surface area contributed by atoms with Crippen LogP contribution in [0.2, 0.25) is 0 Å². The van der Waals surface area contributed by atoms with E-state index in [-0.39, 0.29) is 48.9 Å². The first-order chi connectivity index (χ1) is 12.7. The minimum Gasteiger partial charge on any atom is -1.00 e. The van der Waals surface area contributed by atoms with Crippen molar-refractivity contribution in [2.24, 2.45) is 4.36 Å². The molecule has 1 aromatic heterocycles. The van der Waals surface area contributed by atoms with E-state index in [1.54, 1.807) is 19.1 Å². The molecule has 28 heavy (non-hydrogen) atoms. The number of ether oxygens (including phenoxy) is 2. The maximum Gasteiger partial charge on any atom is 1.00 e. The Morgan fingerprint density at radius 2 is 1.75 bits per heavy atom. The second-order valence-corrected chi connectivity index (χ2v) is 6.29. The molecular weight excluding hydrogens is 516 g/mol. The SMILES string of the molecule is COC(=O)c1ccc(I)cc1.COc1nc(C)nc(NC(=O)N=S(=O)=O)n1.[H-].[Na+]. The average Bonchev–Trinajstić information content (AvgIpc) is 2.61. The molecule has 0 aliphatic heterocycles. The van der Waals surface area contributed by atoms with Crippen molar-refractivity contribution < 1.29 is 58.5 Å². The van der Waals surface area contributed by atoms with E-state index in [0.717, 1.165) is 3.57 Å². The zero-order chi connectivity index (χ0) is 20.4. The van der Waals surface area contributed by atoms with E-state index in [9.17, 15) is 18.0 Å². The van der Waals surface area contributed by atoms with Crippen LogP contribution in [0.4, 0.5) is 10.7 Å². The Balaban J connectivity index is 0. The Morgan fingerprint density at radius 1 is 1.14 bits per heavy atom. The van der Waals surface area contributed by atoms with E-state index in [0.29, 0.717) is 11.4 Å². The fraction of sp³-hybridized carbons (Fsp3) is 0.214. The van der Waals surface area contributed by atoms with Gasteiger partial charge in [-0.05, 0) is 53.8 Å². The van der Waals surface area contributed by atoms with Crippen LogP contribution < -0.4 is 39.6 Å². The van der Waals surface area contributed by atoms with Crippen molar-refractivity contribution in [1.29, 1.82) is 0 Å². The summed E-state index contributed by atoms with van der Waals surface area (Å²) in [4.78, 5) is 33.0. The number of esters is 1. The molecule has 0 aliphatic rings. The van der Waals surface area contributed by atoms with E-state index in [4.69, 9.17) is 4.74 Å². The third-order valence-electron chi connectivity index (χ3n) is 2.55. The molecular formula is C14H15IN5NaO6S. The van der Waals surface area contributed by atoms with E-state index in [2.05, 4.69) is 46.6 Å². The largest absolute Gasteiger partial charge is 1.00 e. The summed E-state index contributed by atoms with van der Waals surface area (Å²) < 4.78 is 33.2. The molecule has 146 valence electrons. The van der Waals surface area contributed by atoms with Crippen LogP contribution in [0.15, 0.2) is 28.6 Å². The molecule has 0 saturated carbocycles. The molecule has 1 N–H and O–H groups in total. The summed E-state index contributed by atoms with van der Waals surface area (Å²) in [5.74, 6) is -0.115. The zero-order valence-corrected chi connectivity index (χ0v) is 20.3. The van der Waals surface area contributed by atoms with Crippen LogP contribution in [0.25, 0.3) is 0 Å². The molecule has 0 atom stereocenters. The van der Waals surface area contributed by atoms with Gasteiger partial charge < -0.3 is 10.9 Å². The summed E-state index contributed by atoms with van der Waals surface area (Å²) in [6.45, 7) is 1.56. The van der Waals surface area contributed by atoms with Gasteiger partial charge in [0, 0.05) is 3.57 Å². The van der Waals surface area contributed by atoms with Crippen LogP contribution in [-0.2, 0) is 15.2 Å². The summed E-state index contributed by atoms with van der Waals surface area (Å²) in [7, 11) is -0.101. The van der Waals surface area contributed by atoms with Crippen LogP contribution in [0, 0.1) is 10.5 Å². The molecule has 0 fully saturated rings. The van der Waals surface area contributed by atoms with Crippen LogP contribution in [0.1, 0.15) is 17.6 Å². The first-order valence-corrected chi connectivity index (χ1v) is 9.09. The molecule has 0 saturated heterocycles. The number of anilines is 1. The van der Waals surface area contributed by atoms with Crippen molar-refractivity contribution in [3.8, 4) is 6.01 Å². The van der Waals surface area contributed by atoms with E-state index in [1.165, 1.54) is 14.2 Å². The van der Waals surface area contributed by atoms with Gasteiger partial charge in [-0.1, -0.05) is 4.36 Å². The predicted molar refractivity (Wildman–Crippen MR) is 103 cm³/mol. The average molecular weight is 531 g/mol. The number of urea groups is 1. The van der Waals surface area contributed by atoms with Gasteiger partial charge in [-0.15, -0.1) is 0 Å². The third kappa shape index (κ3) is 10.0. The van der Waals surface area contributed by atoms with E-state index >= 15 is 0 Å². The molecule has 0 spiro atoms. The van der Waals surface area contributed by atoms with Gasteiger partial charge in [0.05, 0.1) is 19.8 Å². The van der Waals surface area contributed by atoms with Gasteiger partial charge in [0.25, 0.3) is 0 Å². The summed E-state index contributed by atoms with van der Waals surface area (Å²) in [6, 6.07) is 6.13. The number of methoxy groups -OCH3 is 2. The molecule has 0 aliphatic carbocycles. The minimum absolute atomic E-state index is 0. The number of carbonyl (C=O) groups excluding carboxylic acids is 2. The van der Waals surface area contributed by atoms with Crippen LogP contribution in [-0.4, -0.2) is 49.6 Å². The molecule has 1 aromatic carbocycles. The van der Waals surface area contributed by atoms with Gasteiger partial charge in [0.15, 0.2) is 0 Å². The number of carbonyl (C=O) groups is 2. The molecule has 2 amide bonds. The summed E-state index contributed by atoms with van der Waals surface area (Å²) in [5, 5.41) is 2.05. The van der Waals surface area contributed by atoms with Gasteiger partial charge in [-0.25, -0.2) is 9.59 Å². The zero-order valence-electron chi connectivity index (χ0n) is 16.3. The number of aromatic nitrogens is 3. The smallest absolute Gasteiger partial charge is 1.00 e. The number of rotatable bonds is 3. The minimum atomic E-state index is -2.82. The Hall–Kier alpha value is -1.68. The van der Waals surface area contributed by atoms with Crippen molar-refractivity contribution in [1.82, 2.24) is 15.0 Å². The normalized spacial score (nSPS) is 9.00. The number of hydrogen-bond acceptors (Lipinski definition) is 9. The second-order valence-electron chi connectivity index (χ2n) is 4.43. The van der Waals surface area contributed by atoms with E-state index in [1.807, 2.05) is 17.4 Å². The van der Waals surface area contributed by atoms with Gasteiger partial charge in [0.2, 0.25) is 5.95 Å². The summed E-state index contributed by atoms with van der Waals surface area (Å²) >= 11 is 2.18. The van der Waals surface area contributed by atoms with Gasteiger partial charge >= 0.3 is 58.1 Å². The van der Waals surface area contributed by atoms with Gasteiger partial charge in [-0.3, -0.25) is 5.32 Å². The first-order valence-electron chi connectivity index (χ1n) is 6.97. The number of aryl methyl sites for hydroxylation is 1. The molecule has 14 heteroatoms. The number of nitrogens with zero attached hydrogens (tertiary/aromatic N) is 4. The number of benzene rings is 1. The fourth-order valence-corrected chi connectivity index (χ4v) is 2.04. The third-order valence-corrected chi connectivity index (χ3v) is 3.58. The van der Waals surface area contributed by atoms with Crippen LogP contribution in [0.5, 0.6) is 6.01 Å². The fourth-order valence-electron chi connectivity index (χ4n) is 1.49. The quantitative estimate of drug-likeness (QED) is 0.298. The Morgan fingerprint density at radius 3 is 2.25 bits per heavy atom. The molecule has 1 heterocycles. The first kappa shape index (κ1) is 26.3. The van der Waals surface area contributed by atoms with Crippen molar-refractivity contribution in [3.63, 3.8) is 0 Å². The van der Waals surface area contributed by atoms with Crippen LogP contribution in [0.3, 0.4) is 0 Å². The van der Waals surface area contributed by atoms with Crippen molar-refractivity contribution >= 4 is 51.0 Å². The maximum atomic E-state index is 10.9. The number of nitrogens with one attached hydrogen (secondary N) is 1. The summed E-state index contributed by atoms with van der Waals surface area (Å²) in [5.41, 5.74) is 0.591. The summed E-state index contributed by atoms with van der Waals surface area (Å²) in [6.07, 6.45) is 0. The maximum absolute atomic E-state index is 10.9. The molecule has 2 aromatic rings. The van der Waals surface area contributed by atoms with E-state index < -0.39 is 16.5 Å². The number of amides is 2. The van der Waals surface area contributed by atoms with Gasteiger partial charge in [-0.2, -0.15) is 23.4 Å². The Labute approximate surface area is 199 Å². The standard InChI is InChI=1S/C8H7IO2.C6H7N5O4S.Na.H/c1-11-8(10)6-2-4-7(9)5-3-6;1-3-7-4(10-6(8-3)15-2)9-5(12)11-16(13)14;;/h2-5H,1H3;1-2H3,(H,7,8,9,10,12);;/q;;+1;-1. The van der Waals surface area contributed by atoms with Crippen molar-refractivity contribution in [2.45, 2.75) is 6.92 Å². The Kier molecular flexibility index (Phi) is 12.7. The van der Waals surface area contributed by atoms with Crippen LogP contribution >= 0.6 is 22.6 Å². The van der Waals surface area contributed by atoms with Crippen molar-refractivity contribution in [2.75, 3.05) is 19.5 Å². The topological polar surface area (TPSA) is 150 Å². The molecule has 11 nitrogen and oxygen atoms in total. The monoisotopic (exact) mass is 531 g/mol.